The number of rotatable bonds is 6. The first-order valence-corrected chi connectivity index (χ1v) is 13.5. The maximum atomic E-state index is 14.8. The Kier molecular flexibility index (Phi) is 7.36. The lowest BCUT2D eigenvalue weighted by Crippen LogP contribution is -2.41. The van der Waals surface area contributed by atoms with Crippen LogP contribution in [0.3, 0.4) is 0 Å². The highest BCUT2D eigenvalue weighted by Crippen LogP contribution is 2.44. The molecule has 8 heteroatoms. The van der Waals surface area contributed by atoms with Crippen molar-refractivity contribution in [3.8, 4) is 11.1 Å². The number of alkyl carbamates (subject to hydrolysis) is 1. The number of fused-ring (bicyclic) bond motifs is 3. The first-order valence-electron chi connectivity index (χ1n) is 13.1. The van der Waals surface area contributed by atoms with E-state index in [1.54, 1.807) is 12.1 Å². The van der Waals surface area contributed by atoms with Gasteiger partial charge in [-0.3, -0.25) is 0 Å². The summed E-state index contributed by atoms with van der Waals surface area (Å²) < 4.78 is 32.9. The summed E-state index contributed by atoms with van der Waals surface area (Å²) in [6.45, 7) is 9.82. The molecule has 1 saturated heterocycles. The van der Waals surface area contributed by atoms with Gasteiger partial charge in [-0.05, 0) is 80.0 Å². The van der Waals surface area contributed by atoms with E-state index in [1.165, 1.54) is 6.07 Å². The topological polar surface area (TPSA) is 56.8 Å². The third-order valence-corrected chi connectivity index (χ3v) is 8.36. The van der Waals surface area contributed by atoms with Crippen LogP contribution in [0.25, 0.3) is 17.2 Å². The summed E-state index contributed by atoms with van der Waals surface area (Å²) >= 11 is 6.10. The number of carbonyl (C=O) groups excluding carboxylic acids is 1. The minimum absolute atomic E-state index is 0.0487. The van der Waals surface area contributed by atoms with E-state index in [0.717, 1.165) is 27.8 Å². The molecular formula is C31H32BClFNO4. The molecule has 0 spiro atoms. The minimum Gasteiger partial charge on any atom is -0.449 e. The quantitative estimate of drug-likeness (QED) is 0.328. The fourth-order valence-corrected chi connectivity index (χ4v) is 5.16. The second-order valence-electron chi connectivity index (χ2n) is 11.1. The summed E-state index contributed by atoms with van der Waals surface area (Å²) in [5, 5.41) is 3.16. The number of halogens is 2. The molecule has 0 atom stereocenters. The van der Waals surface area contributed by atoms with Crippen molar-refractivity contribution in [2.45, 2.75) is 51.7 Å². The van der Waals surface area contributed by atoms with E-state index in [1.807, 2.05) is 58.9 Å². The number of aryl methyl sites for hydroxylation is 1. The van der Waals surface area contributed by atoms with Gasteiger partial charge in [-0.15, -0.1) is 0 Å². The van der Waals surface area contributed by atoms with Crippen molar-refractivity contribution < 1.29 is 23.2 Å². The van der Waals surface area contributed by atoms with Gasteiger partial charge in [0.15, 0.2) is 0 Å². The number of hydrogen-bond donors (Lipinski definition) is 1. The largest absolute Gasteiger partial charge is 0.492 e. The Balaban J connectivity index is 1.33. The van der Waals surface area contributed by atoms with E-state index in [2.05, 4.69) is 29.6 Å². The zero-order valence-electron chi connectivity index (χ0n) is 22.8. The summed E-state index contributed by atoms with van der Waals surface area (Å²) in [6.07, 6.45) is 1.07. The van der Waals surface area contributed by atoms with Gasteiger partial charge in [0.05, 0.1) is 11.2 Å². The Morgan fingerprint density at radius 2 is 1.59 bits per heavy atom. The van der Waals surface area contributed by atoms with Crippen LogP contribution in [0.2, 0.25) is 5.02 Å². The highest BCUT2D eigenvalue weighted by Gasteiger charge is 2.52. The molecule has 0 aromatic heterocycles. The lowest BCUT2D eigenvalue weighted by molar-refractivity contribution is 0.00578. The van der Waals surface area contributed by atoms with Gasteiger partial charge in [-0.1, -0.05) is 66.2 Å². The highest BCUT2D eigenvalue weighted by molar-refractivity contribution is 6.56. The fraction of sp³-hybridized carbons (Fsp3) is 0.323. The lowest BCUT2D eigenvalue weighted by Gasteiger charge is -2.32. The van der Waals surface area contributed by atoms with Gasteiger partial charge in [0.2, 0.25) is 0 Å². The van der Waals surface area contributed by atoms with Crippen LogP contribution in [-0.4, -0.2) is 37.6 Å². The summed E-state index contributed by atoms with van der Waals surface area (Å²) in [5.41, 5.74) is 5.02. The number of carbonyl (C=O) groups is 1. The van der Waals surface area contributed by atoms with Gasteiger partial charge in [0, 0.05) is 23.0 Å². The second-order valence-corrected chi connectivity index (χ2v) is 11.5. The van der Waals surface area contributed by atoms with Gasteiger partial charge in [-0.2, -0.15) is 0 Å². The molecule has 1 amide bonds. The second kappa shape index (κ2) is 10.5. The van der Waals surface area contributed by atoms with Crippen LogP contribution in [0.1, 0.15) is 55.9 Å². The zero-order valence-corrected chi connectivity index (χ0v) is 23.6. The molecule has 0 radical (unpaired) electrons. The molecule has 0 bridgehead atoms. The SMILES string of the molecule is Cc1cc(C=C(CNC(=O)OCC2c3ccccc3-c3ccccc32)B2OC(C)(C)C(C)(C)O2)c(F)cc1Cl. The van der Waals surface area contributed by atoms with Gasteiger partial charge in [0.1, 0.15) is 12.4 Å². The van der Waals surface area contributed by atoms with Gasteiger partial charge < -0.3 is 19.4 Å². The standard InChI is InChI=1S/C31H32BClFNO4/c1-19-14-20(28(34)16-27(19)33)15-21(32-38-30(2,3)31(4,5)39-32)17-35-29(36)37-18-26-24-12-8-6-10-22(24)23-11-7-9-13-25(23)26/h6-16,26H,17-18H2,1-5H3,(H,35,36). The van der Waals surface area contributed by atoms with Crippen LogP contribution in [0.4, 0.5) is 9.18 Å². The lowest BCUT2D eigenvalue weighted by atomic mass is 9.77. The molecule has 5 nitrogen and oxygen atoms in total. The number of nitrogens with one attached hydrogen (secondary N) is 1. The van der Waals surface area contributed by atoms with E-state index >= 15 is 0 Å². The Hall–Kier alpha value is -3.13. The maximum absolute atomic E-state index is 14.8. The van der Waals surface area contributed by atoms with Crippen molar-refractivity contribution >= 4 is 30.9 Å². The normalized spacial score (nSPS) is 17.6. The molecule has 3 aromatic rings. The third kappa shape index (κ3) is 5.36. The van der Waals surface area contributed by atoms with E-state index in [0.29, 0.717) is 16.1 Å². The fourth-order valence-electron chi connectivity index (χ4n) is 5.01. The van der Waals surface area contributed by atoms with Crippen LogP contribution < -0.4 is 5.32 Å². The van der Waals surface area contributed by atoms with Crippen molar-refractivity contribution in [3.63, 3.8) is 0 Å². The van der Waals surface area contributed by atoms with E-state index in [4.69, 9.17) is 25.6 Å². The van der Waals surface area contributed by atoms with Crippen molar-refractivity contribution in [2.75, 3.05) is 13.2 Å². The van der Waals surface area contributed by atoms with Crippen LogP contribution in [0, 0.1) is 12.7 Å². The third-order valence-electron chi connectivity index (χ3n) is 7.96. The van der Waals surface area contributed by atoms with Crippen LogP contribution in [0.5, 0.6) is 0 Å². The van der Waals surface area contributed by atoms with E-state index in [9.17, 15) is 9.18 Å². The molecule has 39 heavy (non-hydrogen) atoms. The molecule has 1 heterocycles. The maximum Gasteiger partial charge on any atom is 0.492 e. The first-order chi connectivity index (χ1) is 18.5. The van der Waals surface area contributed by atoms with Crippen molar-refractivity contribution in [1.82, 2.24) is 5.32 Å². The van der Waals surface area contributed by atoms with Gasteiger partial charge in [-0.25, -0.2) is 9.18 Å². The molecule has 2 aliphatic rings. The van der Waals surface area contributed by atoms with Crippen LogP contribution >= 0.6 is 11.6 Å². The Morgan fingerprint density at radius 3 is 2.18 bits per heavy atom. The summed E-state index contributed by atoms with van der Waals surface area (Å²) in [7, 11) is -0.778. The highest BCUT2D eigenvalue weighted by atomic mass is 35.5. The molecule has 1 N–H and O–H groups in total. The van der Waals surface area contributed by atoms with Crippen LogP contribution in [-0.2, 0) is 14.0 Å². The average Bonchev–Trinajstić information content (AvgIpc) is 3.32. The summed E-state index contributed by atoms with van der Waals surface area (Å²) in [6, 6.07) is 19.3. The molecule has 5 rings (SSSR count). The Morgan fingerprint density at radius 1 is 1.03 bits per heavy atom. The molecule has 0 unspecified atom stereocenters. The smallest absolute Gasteiger partial charge is 0.449 e. The predicted molar refractivity (Wildman–Crippen MR) is 153 cm³/mol. The molecule has 0 saturated carbocycles. The average molecular weight is 548 g/mol. The first kappa shape index (κ1) is 27.4. The number of amides is 1. The minimum atomic E-state index is -0.778. The van der Waals surface area contributed by atoms with Gasteiger partial charge >= 0.3 is 13.2 Å². The molecule has 1 aliphatic carbocycles. The molecule has 3 aromatic carbocycles. The molecule has 1 fully saturated rings. The summed E-state index contributed by atoms with van der Waals surface area (Å²) in [5.74, 6) is -0.520. The summed E-state index contributed by atoms with van der Waals surface area (Å²) in [4.78, 5) is 12.9. The predicted octanol–water partition coefficient (Wildman–Crippen LogP) is 7.34. The monoisotopic (exact) mass is 547 g/mol. The van der Waals surface area contributed by atoms with E-state index in [-0.39, 0.29) is 19.1 Å². The number of ether oxygens (including phenoxy) is 1. The van der Waals surface area contributed by atoms with Crippen molar-refractivity contribution in [2.24, 2.45) is 0 Å². The van der Waals surface area contributed by atoms with Crippen LogP contribution in [0.15, 0.2) is 66.1 Å². The Bertz CT molecular complexity index is 1390. The van der Waals surface area contributed by atoms with Crippen molar-refractivity contribution in [3.05, 3.63) is 99.2 Å². The zero-order chi connectivity index (χ0) is 27.9. The molecular weight excluding hydrogens is 516 g/mol. The number of benzene rings is 3. The Labute approximate surface area is 234 Å². The molecule has 1 aliphatic heterocycles. The van der Waals surface area contributed by atoms with E-state index < -0.39 is 30.2 Å². The number of hydrogen-bond acceptors (Lipinski definition) is 4. The van der Waals surface area contributed by atoms with Gasteiger partial charge in [0.25, 0.3) is 0 Å². The van der Waals surface area contributed by atoms with Crippen molar-refractivity contribution in [1.29, 1.82) is 0 Å². The molecule has 202 valence electrons.